The molecule has 31 heavy (non-hydrogen) atoms. The summed E-state index contributed by atoms with van der Waals surface area (Å²) in [6.07, 6.45) is 12.7. The molecule has 1 aromatic carbocycles. The van der Waals surface area contributed by atoms with Crippen LogP contribution >= 0.6 is 12.4 Å². The lowest BCUT2D eigenvalue weighted by Crippen LogP contribution is -2.31. The van der Waals surface area contributed by atoms with Crippen molar-refractivity contribution in [2.24, 2.45) is 5.92 Å². The van der Waals surface area contributed by atoms with Crippen LogP contribution in [0.1, 0.15) is 76.2 Å². The van der Waals surface area contributed by atoms with Crippen LogP contribution in [-0.4, -0.2) is 29.1 Å². The van der Waals surface area contributed by atoms with Gasteiger partial charge in [-0.05, 0) is 31.4 Å². The van der Waals surface area contributed by atoms with Crippen LogP contribution in [0.2, 0.25) is 0 Å². The maximum Gasteiger partial charge on any atom is 0.246 e. The van der Waals surface area contributed by atoms with Crippen molar-refractivity contribution in [3.05, 3.63) is 35.7 Å². The number of benzene rings is 1. The van der Waals surface area contributed by atoms with Gasteiger partial charge in [0.15, 0.2) is 0 Å². The number of hydrogen-bond acceptors (Lipinski definition) is 5. The van der Waals surface area contributed by atoms with Crippen molar-refractivity contribution >= 4 is 18.3 Å². The summed E-state index contributed by atoms with van der Waals surface area (Å²) in [4.78, 5) is 16.5. The Balaban J connectivity index is 0.00000341. The molecule has 1 saturated heterocycles. The van der Waals surface area contributed by atoms with E-state index in [-0.39, 0.29) is 30.8 Å². The summed E-state index contributed by atoms with van der Waals surface area (Å²) in [5, 5.41) is 10.1. The topological polar surface area (TPSA) is 80.0 Å². The van der Waals surface area contributed by atoms with Crippen molar-refractivity contribution in [3.63, 3.8) is 0 Å². The Morgan fingerprint density at radius 3 is 2.48 bits per heavy atom. The van der Waals surface area contributed by atoms with Crippen molar-refractivity contribution in [1.82, 2.24) is 20.8 Å². The summed E-state index contributed by atoms with van der Waals surface area (Å²) < 4.78 is 5.30. The number of carbonyl (C=O) groups excluding carboxylic acids is 1. The zero-order chi connectivity index (χ0) is 21.0. The van der Waals surface area contributed by atoms with E-state index in [4.69, 9.17) is 4.52 Å². The predicted molar refractivity (Wildman–Crippen MR) is 126 cm³/mol. The molecule has 7 heteroatoms. The van der Waals surface area contributed by atoms with Crippen LogP contribution in [-0.2, 0) is 17.8 Å². The van der Waals surface area contributed by atoms with Crippen molar-refractivity contribution in [1.29, 1.82) is 0 Å². The van der Waals surface area contributed by atoms with Gasteiger partial charge in [-0.15, -0.1) is 12.4 Å². The van der Waals surface area contributed by atoms with E-state index in [9.17, 15) is 4.79 Å². The molecule has 0 saturated carbocycles. The fourth-order valence-corrected chi connectivity index (χ4v) is 3.91. The molecule has 0 bridgehead atoms. The smallest absolute Gasteiger partial charge is 0.246 e. The van der Waals surface area contributed by atoms with Crippen LogP contribution in [0.5, 0.6) is 0 Å². The average molecular weight is 449 g/mol. The van der Waals surface area contributed by atoms with Crippen LogP contribution in [0.15, 0.2) is 28.8 Å². The summed E-state index contributed by atoms with van der Waals surface area (Å²) in [7, 11) is 0. The van der Waals surface area contributed by atoms with E-state index in [1.807, 2.05) is 0 Å². The van der Waals surface area contributed by atoms with Gasteiger partial charge in [-0.25, -0.2) is 0 Å². The molecule has 1 fully saturated rings. The molecular formula is C24H37ClN4O2. The van der Waals surface area contributed by atoms with E-state index in [1.54, 1.807) is 0 Å². The maximum atomic E-state index is 12.1. The number of nitrogens with one attached hydrogen (secondary N) is 2. The van der Waals surface area contributed by atoms with Crippen molar-refractivity contribution in [2.75, 3.05) is 13.1 Å². The van der Waals surface area contributed by atoms with E-state index in [1.165, 1.54) is 56.9 Å². The van der Waals surface area contributed by atoms with Crippen molar-refractivity contribution in [2.45, 2.75) is 77.7 Å². The number of carbonyl (C=O) groups is 1. The highest BCUT2D eigenvalue weighted by Gasteiger charge is 2.22. The Morgan fingerprint density at radius 2 is 1.81 bits per heavy atom. The Bertz CT molecular complexity index is 757. The number of unbranched alkanes of at least 4 members (excludes halogenated alkanes) is 7. The zero-order valence-corrected chi connectivity index (χ0v) is 19.5. The molecule has 1 aromatic heterocycles. The van der Waals surface area contributed by atoms with Crippen LogP contribution in [0, 0.1) is 5.92 Å². The molecule has 1 amide bonds. The predicted octanol–water partition coefficient (Wildman–Crippen LogP) is 5.07. The molecule has 2 heterocycles. The summed E-state index contributed by atoms with van der Waals surface area (Å²) in [5.74, 6) is 1.10. The second-order valence-corrected chi connectivity index (χ2v) is 8.34. The molecule has 0 unspecified atom stereocenters. The van der Waals surface area contributed by atoms with Gasteiger partial charge >= 0.3 is 0 Å². The first-order valence-corrected chi connectivity index (χ1v) is 11.7. The molecule has 1 aliphatic rings. The number of hydrogen-bond donors (Lipinski definition) is 2. The van der Waals surface area contributed by atoms with Gasteiger partial charge in [0, 0.05) is 12.1 Å². The number of amides is 1. The second-order valence-electron chi connectivity index (χ2n) is 8.34. The van der Waals surface area contributed by atoms with Gasteiger partial charge in [0.05, 0.1) is 12.5 Å². The number of nitrogens with zero attached hydrogens (tertiary/aromatic N) is 2. The molecule has 6 nitrogen and oxygen atoms in total. The minimum absolute atomic E-state index is 0. The van der Waals surface area contributed by atoms with Crippen LogP contribution < -0.4 is 10.6 Å². The maximum absolute atomic E-state index is 12.1. The van der Waals surface area contributed by atoms with E-state index >= 15 is 0 Å². The van der Waals surface area contributed by atoms with E-state index in [0.29, 0.717) is 11.7 Å². The summed E-state index contributed by atoms with van der Waals surface area (Å²) in [5.41, 5.74) is 2.29. The third kappa shape index (κ3) is 8.62. The Labute approximate surface area is 192 Å². The minimum atomic E-state index is 0. The third-order valence-electron chi connectivity index (χ3n) is 5.84. The fraction of sp³-hybridized carbons (Fsp3) is 0.625. The van der Waals surface area contributed by atoms with Crippen LogP contribution in [0.25, 0.3) is 11.4 Å². The lowest BCUT2D eigenvalue weighted by Gasteiger charge is -2.07. The first kappa shape index (κ1) is 25.3. The van der Waals surface area contributed by atoms with E-state index in [0.717, 1.165) is 31.5 Å². The molecule has 0 aliphatic carbocycles. The highest BCUT2D eigenvalue weighted by Crippen LogP contribution is 2.18. The van der Waals surface area contributed by atoms with Gasteiger partial charge in [0.25, 0.3) is 0 Å². The molecule has 0 spiro atoms. The van der Waals surface area contributed by atoms with Gasteiger partial charge in [0.2, 0.25) is 17.6 Å². The Kier molecular flexibility index (Phi) is 11.6. The number of aryl methyl sites for hydroxylation is 1. The van der Waals surface area contributed by atoms with Gasteiger partial charge in [0.1, 0.15) is 0 Å². The Hall–Kier alpha value is -1.92. The van der Waals surface area contributed by atoms with Crippen LogP contribution in [0.3, 0.4) is 0 Å². The number of rotatable bonds is 13. The summed E-state index contributed by atoms with van der Waals surface area (Å²) in [6.45, 7) is 4.18. The molecule has 0 radical (unpaired) electrons. The normalized spacial score (nSPS) is 15.6. The van der Waals surface area contributed by atoms with Gasteiger partial charge in [-0.3, -0.25) is 4.79 Å². The Morgan fingerprint density at radius 1 is 1.10 bits per heavy atom. The SMILES string of the molecule is CCCCCCCCCCc1ccc(-c2noc(CNC(=O)[C@H]3CCNC3)n2)cc1.Cl. The molecule has 172 valence electrons. The van der Waals surface area contributed by atoms with Gasteiger partial charge < -0.3 is 15.2 Å². The first-order chi connectivity index (χ1) is 14.8. The van der Waals surface area contributed by atoms with Crippen LogP contribution in [0.4, 0.5) is 0 Å². The van der Waals surface area contributed by atoms with Gasteiger partial charge in [-0.1, -0.05) is 81.3 Å². The first-order valence-electron chi connectivity index (χ1n) is 11.7. The van der Waals surface area contributed by atoms with E-state index in [2.05, 4.69) is 52.0 Å². The highest BCUT2D eigenvalue weighted by molar-refractivity contribution is 5.85. The lowest BCUT2D eigenvalue weighted by atomic mass is 10.0. The molecule has 1 atom stereocenters. The minimum Gasteiger partial charge on any atom is -0.347 e. The molecule has 2 aromatic rings. The molecule has 3 rings (SSSR count). The quantitative estimate of drug-likeness (QED) is 0.418. The number of aromatic nitrogens is 2. The molecule has 1 aliphatic heterocycles. The fourth-order valence-electron chi connectivity index (χ4n) is 3.91. The zero-order valence-electron chi connectivity index (χ0n) is 18.7. The highest BCUT2D eigenvalue weighted by atomic mass is 35.5. The standard InChI is InChI=1S/C24H36N4O2.ClH/c1-2-3-4-5-6-7-8-9-10-19-11-13-20(14-12-19)23-27-22(30-28-23)18-26-24(29)21-15-16-25-17-21;/h11-14,21,25H,2-10,15-18H2,1H3,(H,26,29);1H/t21-;/m0./s1. The van der Waals surface area contributed by atoms with Gasteiger partial charge in [-0.2, -0.15) is 4.98 Å². The number of halogens is 1. The summed E-state index contributed by atoms with van der Waals surface area (Å²) >= 11 is 0. The summed E-state index contributed by atoms with van der Waals surface area (Å²) in [6, 6.07) is 8.41. The van der Waals surface area contributed by atoms with E-state index < -0.39 is 0 Å². The largest absolute Gasteiger partial charge is 0.347 e. The van der Waals surface area contributed by atoms with Crippen molar-refractivity contribution in [3.8, 4) is 11.4 Å². The third-order valence-corrected chi connectivity index (χ3v) is 5.84. The van der Waals surface area contributed by atoms with Crippen molar-refractivity contribution < 1.29 is 9.32 Å². The molecule has 2 N–H and O–H groups in total. The second kappa shape index (κ2) is 14.2. The molecular weight excluding hydrogens is 412 g/mol. The lowest BCUT2D eigenvalue weighted by molar-refractivity contribution is -0.124. The average Bonchev–Trinajstić information content (AvgIpc) is 3.47. The monoisotopic (exact) mass is 448 g/mol.